The van der Waals surface area contributed by atoms with Crippen LogP contribution < -0.4 is 5.32 Å². The Morgan fingerprint density at radius 2 is 2.10 bits per heavy atom. The van der Waals surface area contributed by atoms with Crippen molar-refractivity contribution in [2.24, 2.45) is 18.9 Å². The quantitative estimate of drug-likeness (QED) is 0.635. The number of hydrogen-bond donors (Lipinski definition) is 2. The Morgan fingerprint density at radius 1 is 1.45 bits per heavy atom. The van der Waals surface area contributed by atoms with E-state index in [4.69, 9.17) is 0 Å². The molecule has 0 radical (unpaired) electrons. The van der Waals surface area contributed by atoms with Gasteiger partial charge in [0.05, 0.1) is 0 Å². The number of aliphatic hydroxyl groups excluding tert-OH is 1. The van der Waals surface area contributed by atoms with E-state index < -0.39 is 4.92 Å². The van der Waals surface area contributed by atoms with Crippen molar-refractivity contribution in [1.82, 2.24) is 9.55 Å². The van der Waals surface area contributed by atoms with Gasteiger partial charge in [0, 0.05) is 27.1 Å². The molecule has 1 aliphatic carbocycles. The molecule has 1 fully saturated rings. The first-order chi connectivity index (χ1) is 9.54. The average Bonchev–Trinajstić information content (AvgIpc) is 2.73. The SMILES string of the molecule is Cc1nc([N+](=O)[O-])c(NCC2CCCCC2CO)n1C. The van der Waals surface area contributed by atoms with Crippen molar-refractivity contribution in [2.75, 3.05) is 18.5 Å². The molecule has 0 spiro atoms. The minimum Gasteiger partial charge on any atom is -0.396 e. The van der Waals surface area contributed by atoms with Crippen LogP contribution in [0.3, 0.4) is 0 Å². The topological polar surface area (TPSA) is 93.2 Å². The summed E-state index contributed by atoms with van der Waals surface area (Å²) in [4.78, 5) is 14.5. The van der Waals surface area contributed by atoms with E-state index in [2.05, 4.69) is 10.3 Å². The van der Waals surface area contributed by atoms with Gasteiger partial charge in [0.15, 0.2) is 0 Å². The van der Waals surface area contributed by atoms with E-state index in [1.54, 1.807) is 18.5 Å². The molecule has 0 amide bonds. The van der Waals surface area contributed by atoms with Gasteiger partial charge in [0.25, 0.3) is 0 Å². The summed E-state index contributed by atoms with van der Waals surface area (Å²) in [6.07, 6.45) is 4.42. The molecule has 0 saturated heterocycles. The standard InChI is InChI=1S/C13H22N4O3/c1-9-15-13(17(19)20)12(16(9)2)14-7-10-5-3-4-6-11(10)8-18/h10-11,14,18H,3-8H2,1-2H3. The molecule has 1 saturated carbocycles. The summed E-state index contributed by atoms with van der Waals surface area (Å²) >= 11 is 0. The van der Waals surface area contributed by atoms with Gasteiger partial charge in [-0.15, -0.1) is 0 Å². The number of rotatable bonds is 5. The second-order valence-corrected chi connectivity index (χ2v) is 5.52. The van der Waals surface area contributed by atoms with Crippen molar-refractivity contribution < 1.29 is 10.0 Å². The highest BCUT2D eigenvalue weighted by Gasteiger charge is 2.27. The summed E-state index contributed by atoms with van der Waals surface area (Å²) < 4.78 is 1.70. The van der Waals surface area contributed by atoms with Gasteiger partial charge < -0.3 is 20.5 Å². The fraction of sp³-hybridized carbons (Fsp3) is 0.769. The Bertz CT molecular complexity index is 486. The number of nitro groups is 1. The van der Waals surface area contributed by atoms with Crippen LogP contribution in [0.2, 0.25) is 0 Å². The summed E-state index contributed by atoms with van der Waals surface area (Å²) in [5.41, 5.74) is 0. The third kappa shape index (κ3) is 2.92. The highest BCUT2D eigenvalue weighted by molar-refractivity contribution is 5.53. The fourth-order valence-corrected chi connectivity index (χ4v) is 2.94. The molecule has 2 rings (SSSR count). The number of nitrogens with one attached hydrogen (secondary N) is 1. The molecule has 1 aromatic heterocycles. The van der Waals surface area contributed by atoms with Crippen molar-refractivity contribution in [1.29, 1.82) is 0 Å². The van der Waals surface area contributed by atoms with Crippen LogP contribution >= 0.6 is 0 Å². The number of nitrogens with zero attached hydrogens (tertiary/aromatic N) is 3. The van der Waals surface area contributed by atoms with Crippen molar-refractivity contribution in [3.8, 4) is 0 Å². The Balaban J connectivity index is 2.08. The molecule has 1 aliphatic rings. The monoisotopic (exact) mass is 282 g/mol. The van der Waals surface area contributed by atoms with Gasteiger partial charge in [-0.25, -0.2) is 0 Å². The first kappa shape index (κ1) is 14.8. The van der Waals surface area contributed by atoms with Crippen molar-refractivity contribution in [3.05, 3.63) is 15.9 Å². The van der Waals surface area contributed by atoms with Crippen LogP contribution in [-0.4, -0.2) is 32.7 Å². The molecule has 2 unspecified atom stereocenters. The first-order valence-electron chi connectivity index (χ1n) is 7.07. The molecular weight excluding hydrogens is 260 g/mol. The van der Waals surface area contributed by atoms with E-state index in [1.165, 1.54) is 0 Å². The predicted octanol–water partition coefficient (Wildman–Crippen LogP) is 1.85. The van der Waals surface area contributed by atoms with Gasteiger partial charge in [-0.1, -0.05) is 12.8 Å². The van der Waals surface area contributed by atoms with E-state index in [9.17, 15) is 15.2 Å². The van der Waals surface area contributed by atoms with Crippen LogP contribution in [0.15, 0.2) is 0 Å². The van der Waals surface area contributed by atoms with Crippen LogP contribution in [0.1, 0.15) is 31.5 Å². The van der Waals surface area contributed by atoms with E-state index in [1.807, 2.05) is 0 Å². The number of aliphatic hydroxyl groups is 1. The smallest absolute Gasteiger partial charge is 0.396 e. The van der Waals surface area contributed by atoms with Crippen LogP contribution in [-0.2, 0) is 7.05 Å². The molecule has 0 aromatic carbocycles. The van der Waals surface area contributed by atoms with Crippen LogP contribution in [0.4, 0.5) is 11.6 Å². The Morgan fingerprint density at radius 3 is 2.70 bits per heavy atom. The molecule has 7 nitrogen and oxygen atoms in total. The van der Waals surface area contributed by atoms with Crippen LogP contribution in [0, 0.1) is 28.9 Å². The van der Waals surface area contributed by atoms with Crippen LogP contribution in [0.25, 0.3) is 0 Å². The van der Waals surface area contributed by atoms with E-state index >= 15 is 0 Å². The van der Waals surface area contributed by atoms with Crippen LogP contribution in [0.5, 0.6) is 0 Å². The number of aryl methyl sites for hydroxylation is 1. The Hall–Kier alpha value is -1.63. The summed E-state index contributed by atoms with van der Waals surface area (Å²) in [7, 11) is 1.77. The molecular formula is C13H22N4O3. The van der Waals surface area contributed by atoms with E-state index in [-0.39, 0.29) is 12.4 Å². The number of aromatic nitrogens is 2. The fourth-order valence-electron chi connectivity index (χ4n) is 2.94. The van der Waals surface area contributed by atoms with Gasteiger partial charge in [-0.2, -0.15) is 0 Å². The molecule has 2 atom stereocenters. The maximum Gasteiger partial charge on any atom is 0.406 e. The zero-order chi connectivity index (χ0) is 14.7. The highest BCUT2D eigenvalue weighted by Crippen LogP contribution is 2.31. The Kier molecular flexibility index (Phi) is 4.59. The lowest BCUT2D eigenvalue weighted by Crippen LogP contribution is -2.29. The second kappa shape index (κ2) is 6.21. The van der Waals surface area contributed by atoms with E-state index in [0.717, 1.165) is 25.7 Å². The van der Waals surface area contributed by atoms with Gasteiger partial charge in [0.1, 0.15) is 0 Å². The molecule has 20 heavy (non-hydrogen) atoms. The summed E-state index contributed by atoms with van der Waals surface area (Å²) in [6, 6.07) is 0. The average molecular weight is 282 g/mol. The van der Waals surface area contributed by atoms with Gasteiger partial charge in [0.2, 0.25) is 11.6 Å². The highest BCUT2D eigenvalue weighted by atomic mass is 16.6. The minimum atomic E-state index is -0.459. The van der Waals surface area contributed by atoms with Crippen molar-refractivity contribution in [3.63, 3.8) is 0 Å². The molecule has 112 valence electrons. The zero-order valence-corrected chi connectivity index (χ0v) is 12.0. The lowest BCUT2D eigenvalue weighted by atomic mass is 9.79. The number of anilines is 1. The summed E-state index contributed by atoms with van der Waals surface area (Å²) in [5, 5.41) is 23.6. The van der Waals surface area contributed by atoms with Crippen molar-refractivity contribution in [2.45, 2.75) is 32.6 Å². The lowest BCUT2D eigenvalue weighted by molar-refractivity contribution is -0.388. The van der Waals surface area contributed by atoms with E-state index in [0.29, 0.717) is 30.0 Å². The molecule has 1 aromatic rings. The Labute approximate surface area is 118 Å². The molecule has 0 bridgehead atoms. The third-order valence-electron chi connectivity index (χ3n) is 4.31. The number of hydrogen-bond acceptors (Lipinski definition) is 5. The minimum absolute atomic E-state index is 0.124. The van der Waals surface area contributed by atoms with Gasteiger partial charge in [-0.05, 0) is 34.6 Å². The maximum atomic E-state index is 11.0. The molecule has 0 aliphatic heterocycles. The van der Waals surface area contributed by atoms with Gasteiger partial charge >= 0.3 is 5.82 Å². The maximum absolute atomic E-state index is 11.0. The summed E-state index contributed by atoms with van der Waals surface area (Å²) in [6.45, 7) is 2.58. The summed E-state index contributed by atoms with van der Waals surface area (Å²) in [5.74, 6) is 1.60. The molecule has 2 N–H and O–H groups in total. The predicted molar refractivity (Wildman–Crippen MR) is 75.6 cm³/mol. The lowest BCUT2D eigenvalue weighted by Gasteiger charge is -2.30. The molecule has 1 heterocycles. The largest absolute Gasteiger partial charge is 0.406 e. The zero-order valence-electron chi connectivity index (χ0n) is 12.0. The normalized spacial score (nSPS) is 22.8. The van der Waals surface area contributed by atoms with Crippen molar-refractivity contribution >= 4 is 11.6 Å². The third-order valence-corrected chi connectivity index (χ3v) is 4.31. The number of imidazole rings is 1. The first-order valence-corrected chi connectivity index (χ1v) is 7.07. The molecule has 7 heteroatoms. The second-order valence-electron chi connectivity index (χ2n) is 5.52. The van der Waals surface area contributed by atoms with Gasteiger partial charge in [-0.3, -0.25) is 4.57 Å².